The van der Waals surface area contributed by atoms with E-state index in [0.717, 1.165) is 30.6 Å². The molecule has 152 valence electrons. The monoisotopic (exact) mass is 405 g/mol. The zero-order chi connectivity index (χ0) is 19.3. The maximum atomic E-state index is 14.6. The zero-order valence-electron chi connectivity index (χ0n) is 16.3. The van der Waals surface area contributed by atoms with Crippen LogP contribution in [-0.2, 0) is 0 Å². The summed E-state index contributed by atoms with van der Waals surface area (Å²) in [5.41, 5.74) is 0.250. The van der Waals surface area contributed by atoms with E-state index < -0.39 is 11.7 Å². The van der Waals surface area contributed by atoms with Gasteiger partial charge in [-0.25, -0.2) is 4.39 Å². The molecule has 0 atom stereocenters. The number of amides is 1. The molecule has 0 aliphatic heterocycles. The van der Waals surface area contributed by atoms with Crippen LogP contribution in [0.15, 0.2) is 12.1 Å². The van der Waals surface area contributed by atoms with Crippen LogP contribution in [0, 0.1) is 29.0 Å². The highest BCUT2D eigenvalue weighted by molar-refractivity contribution is 7.98. The molecular formula is C22H28FNO3S. The lowest BCUT2D eigenvalue weighted by Gasteiger charge is -2.56. The summed E-state index contributed by atoms with van der Waals surface area (Å²) in [7, 11) is 1.53. The maximum Gasteiger partial charge on any atom is 0.264 e. The number of benzene rings is 1. The van der Waals surface area contributed by atoms with Crippen LogP contribution in [0.3, 0.4) is 0 Å². The smallest absolute Gasteiger partial charge is 0.264 e. The molecule has 28 heavy (non-hydrogen) atoms. The van der Waals surface area contributed by atoms with Gasteiger partial charge in [-0.1, -0.05) is 0 Å². The highest BCUT2D eigenvalue weighted by atomic mass is 32.2. The number of nitrogens with one attached hydrogen (secondary N) is 1. The SMILES string of the molecule is COc1cc(C(=O)NSC2CC2)c(F)cc1OCC12CC3CC(CC(C3)C1)C2. The fourth-order valence-electron chi connectivity index (χ4n) is 6.06. The van der Waals surface area contributed by atoms with Gasteiger partial charge < -0.3 is 9.47 Å². The van der Waals surface area contributed by atoms with E-state index >= 15 is 0 Å². The van der Waals surface area contributed by atoms with Crippen LogP contribution in [-0.4, -0.2) is 24.9 Å². The van der Waals surface area contributed by atoms with Gasteiger partial charge >= 0.3 is 0 Å². The van der Waals surface area contributed by atoms with E-state index in [0.29, 0.717) is 23.4 Å². The lowest BCUT2D eigenvalue weighted by Crippen LogP contribution is -2.48. The lowest BCUT2D eigenvalue weighted by atomic mass is 9.50. The zero-order valence-corrected chi connectivity index (χ0v) is 17.2. The molecule has 5 aliphatic rings. The Morgan fingerprint density at radius 2 is 1.79 bits per heavy atom. The summed E-state index contributed by atoms with van der Waals surface area (Å²) in [4.78, 5) is 12.3. The highest BCUT2D eigenvalue weighted by Crippen LogP contribution is 2.60. The summed E-state index contributed by atoms with van der Waals surface area (Å²) in [6.45, 7) is 0.620. The average molecular weight is 406 g/mol. The molecule has 1 aromatic rings. The number of rotatable bonds is 7. The van der Waals surface area contributed by atoms with Gasteiger partial charge in [0.05, 0.1) is 19.3 Å². The first-order chi connectivity index (χ1) is 13.5. The average Bonchev–Trinajstić information content (AvgIpc) is 3.48. The standard InChI is InChI=1S/C22H28FNO3S/c1-26-19-7-17(21(25)24-28-16-2-3-16)18(23)8-20(19)27-12-22-9-13-4-14(10-22)6-15(5-13)11-22/h7-8,13-16H,2-6,9-12H2,1H3,(H,24,25). The van der Waals surface area contributed by atoms with Gasteiger partial charge in [-0.2, -0.15) is 0 Å². The second-order valence-corrected chi connectivity index (χ2v) is 10.5. The van der Waals surface area contributed by atoms with Crippen LogP contribution in [0.5, 0.6) is 11.5 Å². The third-order valence-electron chi connectivity index (χ3n) is 7.04. The minimum Gasteiger partial charge on any atom is -0.493 e. The van der Waals surface area contributed by atoms with E-state index in [-0.39, 0.29) is 11.0 Å². The summed E-state index contributed by atoms with van der Waals surface area (Å²) in [5.74, 6) is 2.40. The fourth-order valence-corrected chi connectivity index (χ4v) is 6.81. The summed E-state index contributed by atoms with van der Waals surface area (Å²) in [6, 6.07) is 2.78. The minimum absolute atomic E-state index is 0.00662. The normalized spacial score (nSPS) is 33.0. The van der Waals surface area contributed by atoms with Crippen molar-refractivity contribution in [3.05, 3.63) is 23.5 Å². The van der Waals surface area contributed by atoms with Gasteiger partial charge in [-0.05, 0) is 87.1 Å². The molecule has 5 fully saturated rings. The van der Waals surface area contributed by atoms with E-state index in [1.807, 2.05) is 0 Å². The van der Waals surface area contributed by atoms with Crippen molar-refractivity contribution in [2.24, 2.45) is 23.2 Å². The first-order valence-electron chi connectivity index (χ1n) is 10.5. The van der Waals surface area contributed by atoms with Crippen molar-refractivity contribution in [2.75, 3.05) is 13.7 Å². The number of ether oxygens (including phenoxy) is 2. The molecule has 4 nitrogen and oxygen atoms in total. The number of methoxy groups -OCH3 is 1. The van der Waals surface area contributed by atoms with E-state index in [1.165, 1.54) is 69.7 Å². The Morgan fingerprint density at radius 3 is 2.36 bits per heavy atom. The van der Waals surface area contributed by atoms with E-state index in [2.05, 4.69) is 4.72 Å². The fraction of sp³-hybridized carbons (Fsp3) is 0.682. The van der Waals surface area contributed by atoms with Crippen LogP contribution in [0.1, 0.15) is 61.7 Å². The first-order valence-corrected chi connectivity index (χ1v) is 11.4. The summed E-state index contributed by atoms with van der Waals surface area (Å²) in [5, 5.41) is 0.469. The van der Waals surface area contributed by atoms with Crippen molar-refractivity contribution in [2.45, 2.75) is 56.6 Å². The largest absolute Gasteiger partial charge is 0.493 e. The van der Waals surface area contributed by atoms with Gasteiger partial charge in [0.2, 0.25) is 0 Å². The summed E-state index contributed by atoms with van der Waals surface area (Å²) >= 11 is 1.38. The molecule has 0 radical (unpaired) electrons. The van der Waals surface area contributed by atoms with Crippen LogP contribution >= 0.6 is 11.9 Å². The number of carbonyl (C=O) groups excluding carboxylic acids is 1. The Labute approximate surface area is 170 Å². The molecule has 0 aromatic heterocycles. The topological polar surface area (TPSA) is 47.6 Å². The predicted molar refractivity (Wildman–Crippen MR) is 107 cm³/mol. The third-order valence-corrected chi connectivity index (χ3v) is 8.15. The molecule has 1 amide bonds. The van der Waals surface area contributed by atoms with Gasteiger partial charge in [-0.15, -0.1) is 0 Å². The van der Waals surface area contributed by atoms with Crippen molar-refractivity contribution in [3.8, 4) is 11.5 Å². The van der Waals surface area contributed by atoms with Gasteiger partial charge in [0, 0.05) is 16.7 Å². The van der Waals surface area contributed by atoms with Crippen molar-refractivity contribution in [1.29, 1.82) is 0 Å². The summed E-state index contributed by atoms with van der Waals surface area (Å²) in [6.07, 6.45) is 10.1. The second kappa shape index (κ2) is 7.12. The minimum atomic E-state index is -0.560. The molecule has 1 aromatic carbocycles. The lowest BCUT2D eigenvalue weighted by molar-refractivity contribution is -0.0748. The van der Waals surface area contributed by atoms with Crippen LogP contribution in [0.25, 0.3) is 0 Å². The van der Waals surface area contributed by atoms with Crippen molar-refractivity contribution >= 4 is 17.9 Å². The molecule has 6 rings (SSSR count). The van der Waals surface area contributed by atoms with Crippen molar-refractivity contribution in [1.82, 2.24) is 4.72 Å². The van der Waals surface area contributed by atoms with Gasteiger partial charge in [0.1, 0.15) is 5.82 Å². The first kappa shape index (κ1) is 18.6. The quantitative estimate of drug-likeness (QED) is 0.651. The molecular weight excluding hydrogens is 377 g/mol. The Bertz CT molecular complexity index is 744. The second-order valence-electron chi connectivity index (χ2n) is 9.44. The molecule has 0 heterocycles. The predicted octanol–water partition coefficient (Wildman–Crippen LogP) is 4.97. The molecule has 0 spiro atoms. The number of hydrogen-bond acceptors (Lipinski definition) is 4. The van der Waals surface area contributed by atoms with Crippen LogP contribution < -0.4 is 14.2 Å². The molecule has 5 saturated carbocycles. The Balaban J connectivity index is 1.29. The highest BCUT2D eigenvalue weighted by Gasteiger charge is 2.51. The number of carbonyl (C=O) groups is 1. The number of hydrogen-bond donors (Lipinski definition) is 1. The number of halogens is 1. The van der Waals surface area contributed by atoms with Gasteiger partial charge in [0.15, 0.2) is 11.5 Å². The van der Waals surface area contributed by atoms with E-state index in [4.69, 9.17) is 9.47 Å². The molecule has 6 heteroatoms. The Kier molecular flexibility index (Phi) is 4.73. The van der Waals surface area contributed by atoms with Gasteiger partial charge in [0.25, 0.3) is 5.91 Å². The molecule has 1 N–H and O–H groups in total. The third kappa shape index (κ3) is 3.60. The van der Waals surface area contributed by atoms with Crippen molar-refractivity contribution < 1.29 is 18.7 Å². The van der Waals surface area contributed by atoms with E-state index in [1.54, 1.807) is 0 Å². The van der Waals surface area contributed by atoms with Crippen molar-refractivity contribution in [3.63, 3.8) is 0 Å². The van der Waals surface area contributed by atoms with Crippen LogP contribution in [0.4, 0.5) is 4.39 Å². The molecule has 5 aliphatic carbocycles. The molecule has 0 saturated heterocycles. The maximum absolute atomic E-state index is 14.6. The summed E-state index contributed by atoms with van der Waals surface area (Å²) < 4.78 is 28.9. The van der Waals surface area contributed by atoms with E-state index in [9.17, 15) is 9.18 Å². The Hall–Kier alpha value is -1.43. The Morgan fingerprint density at radius 1 is 1.14 bits per heavy atom. The molecule has 4 bridgehead atoms. The van der Waals surface area contributed by atoms with Crippen LogP contribution in [0.2, 0.25) is 0 Å². The van der Waals surface area contributed by atoms with Gasteiger partial charge in [-0.3, -0.25) is 9.52 Å². The molecule has 0 unspecified atom stereocenters.